The smallest absolute Gasteiger partial charge is 0.412 e. The van der Waals surface area contributed by atoms with Gasteiger partial charge in [0.2, 0.25) is 0 Å². The van der Waals surface area contributed by atoms with E-state index >= 15 is 0 Å². The second-order valence-corrected chi connectivity index (χ2v) is 8.08. The Morgan fingerprint density at radius 3 is 2.23 bits per heavy atom. The van der Waals surface area contributed by atoms with Crippen molar-refractivity contribution >= 4 is 11.8 Å². The van der Waals surface area contributed by atoms with Gasteiger partial charge in [0.1, 0.15) is 11.4 Å². The maximum atomic E-state index is 11.8. The number of rotatable bonds is 10. The topological polar surface area (TPSA) is 82.8 Å². The molecule has 0 aromatic heterocycles. The molecule has 1 amide bonds. The van der Waals surface area contributed by atoms with Crippen LogP contribution in [0.3, 0.4) is 0 Å². The summed E-state index contributed by atoms with van der Waals surface area (Å²) in [4.78, 5) is 11.8. The Balaban J connectivity index is 1.76. The van der Waals surface area contributed by atoms with E-state index in [9.17, 15) is 4.79 Å². The minimum atomic E-state index is -0.519. The Morgan fingerprint density at radius 2 is 1.67 bits per heavy atom. The van der Waals surface area contributed by atoms with Crippen molar-refractivity contribution in [1.29, 1.82) is 0 Å². The van der Waals surface area contributed by atoms with Gasteiger partial charge >= 0.3 is 6.09 Å². The molecule has 0 spiro atoms. The number of benzene rings is 2. The normalized spacial score (nSPS) is 12.3. The van der Waals surface area contributed by atoms with Gasteiger partial charge < -0.3 is 19.9 Å². The zero-order valence-corrected chi connectivity index (χ0v) is 18.4. The highest BCUT2D eigenvalue weighted by atomic mass is 16.6. The van der Waals surface area contributed by atoms with E-state index in [0.29, 0.717) is 25.4 Å². The lowest BCUT2D eigenvalue weighted by Crippen LogP contribution is -2.27. The van der Waals surface area contributed by atoms with Gasteiger partial charge in [-0.1, -0.05) is 24.3 Å². The zero-order valence-electron chi connectivity index (χ0n) is 18.4. The molecule has 6 nitrogen and oxygen atoms in total. The molecule has 30 heavy (non-hydrogen) atoms. The first-order valence-electron chi connectivity index (χ1n) is 10.4. The van der Waals surface area contributed by atoms with Crippen molar-refractivity contribution in [1.82, 2.24) is 0 Å². The van der Waals surface area contributed by atoms with Crippen molar-refractivity contribution in [3.05, 3.63) is 59.7 Å². The summed E-state index contributed by atoms with van der Waals surface area (Å²) in [5.74, 6) is 0.836. The Labute approximate surface area is 179 Å². The molecular formula is C24H34N2O4. The van der Waals surface area contributed by atoms with Crippen LogP contribution in [0.2, 0.25) is 0 Å². The van der Waals surface area contributed by atoms with E-state index in [-0.39, 0.29) is 6.10 Å². The molecule has 0 bridgehead atoms. The molecule has 6 heteroatoms. The van der Waals surface area contributed by atoms with Crippen LogP contribution < -0.4 is 15.8 Å². The number of anilines is 1. The number of hydrogen-bond donors (Lipinski definition) is 2. The standard InChI is InChI=1S/C24H34N2O4/c1-5-28-22(17-25)16-19-8-12-21(13-9-19)29-15-14-18-6-10-20(11-7-18)26-23(27)30-24(2,3)4/h6-13,22H,5,14-17,25H2,1-4H3,(H,26,27)/t22-/m0/s1. The highest BCUT2D eigenvalue weighted by Gasteiger charge is 2.16. The van der Waals surface area contributed by atoms with Gasteiger partial charge in [-0.05, 0) is 69.5 Å². The molecule has 2 aromatic carbocycles. The molecule has 1 atom stereocenters. The summed E-state index contributed by atoms with van der Waals surface area (Å²) in [6.45, 7) is 9.23. The third-order valence-electron chi connectivity index (χ3n) is 4.31. The van der Waals surface area contributed by atoms with E-state index in [1.54, 1.807) is 0 Å². The van der Waals surface area contributed by atoms with Crippen LogP contribution in [0, 0.1) is 0 Å². The molecule has 0 aliphatic heterocycles. The van der Waals surface area contributed by atoms with Crippen molar-refractivity contribution in [3.63, 3.8) is 0 Å². The van der Waals surface area contributed by atoms with Gasteiger partial charge in [0.25, 0.3) is 0 Å². The quantitative estimate of drug-likeness (QED) is 0.595. The minimum absolute atomic E-state index is 0.0505. The zero-order chi connectivity index (χ0) is 22.0. The molecule has 164 valence electrons. The number of nitrogens with one attached hydrogen (secondary N) is 1. The molecule has 0 unspecified atom stereocenters. The third kappa shape index (κ3) is 8.84. The van der Waals surface area contributed by atoms with E-state index in [4.69, 9.17) is 19.9 Å². The number of amides is 1. The first-order valence-corrected chi connectivity index (χ1v) is 10.4. The maximum absolute atomic E-state index is 11.8. The average Bonchev–Trinajstić information content (AvgIpc) is 2.69. The van der Waals surface area contributed by atoms with Crippen molar-refractivity contribution < 1.29 is 19.0 Å². The van der Waals surface area contributed by atoms with E-state index < -0.39 is 11.7 Å². The fourth-order valence-corrected chi connectivity index (χ4v) is 2.89. The largest absolute Gasteiger partial charge is 0.493 e. The lowest BCUT2D eigenvalue weighted by Gasteiger charge is -2.19. The molecule has 0 aliphatic rings. The molecule has 2 aromatic rings. The number of carbonyl (C=O) groups is 1. The summed E-state index contributed by atoms with van der Waals surface area (Å²) < 4.78 is 16.7. The Bertz CT molecular complexity index is 767. The summed E-state index contributed by atoms with van der Waals surface area (Å²) in [5, 5.41) is 2.73. The average molecular weight is 415 g/mol. The fraction of sp³-hybridized carbons (Fsp3) is 0.458. The number of carbonyl (C=O) groups excluding carboxylic acids is 1. The van der Waals surface area contributed by atoms with Gasteiger partial charge in [-0.15, -0.1) is 0 Å². The van der Waals surface area contributed by atoms with Crippen molar-refractivity contribution in [3.8, 4) is 5.75 Å². The van der Waals surface area contributed by atoms with E-state index in [1.807, 2.05) is 76.2 Å². The van der Waals surface area contributed by atoms with Gasteiger partial charge in [0.15, 0.2) is 0 Å². The lowest BCUT2D eigenvalue weighted by molar-refractivity contribution is 0.0635. The molecule has 3 N–H and O–H groups in total. The highest BCUT2D eigenvalue weighted by Crippen LogP contribution is 2.16. The van der Waals surface area contributed by atoms with Gasteiger partial charge in [0.05, 0.1) is 12.7 Å². The molecule has 0 saturated carbocycles. The molecular weight excluding hydrogens is 380 g/mol. The van der Waals surface area contributed by atoms with Crippen LogP contribution in [0.25, 0.3) is 0 Å². The first kappa shape index (κ1) is 23.7. The minimum Gasteiger partial charge on any atom is -0.493 e. The van der Waals surface area contributed by atoms with Crippen LogP contribution in [-0.4, -0.2) is 37.6 Å². The fourth-order valence-electron chi connectivity index (χ4n) is 2.89. The van der Waals surface area contributed by atoms with E-state index in [1.165, 1.54) is 5.56 Å². The van der Waals surface area contributed by atoms with Gasteiger partial charge in [-0.3, -0.25) is 5.32 Å². The Hall–Kier alpha value is -2.57. The van der Waals surface area contributed by atoms with Crippen molar-refractivity contribution in [2.45, 2.75) is 52.2 Å². The number of ether oxygens (including phenoxy) is 3. The van der Waals surface area contributed by atoms with E-state index in [0.717, 1.165) is 24.2 Å². The Kier molecular flexibility index (Phi) is 9.15. The Morgan fingerprint density at radius 1 is 1.03 bits per heavy atom. The monoisotopic (exact) mass is 414 g/mol. The van der Waals surface area contributed by atoms with Crippen LogP contribution >= 0.6 is 0 Å². The van der Waals surface area contributed by atoms with Gasteiger partial charge in [-0.2, -0.15) is 0 Å². The van der Waals surface area contributed by atoms with Crippen LogP contribution in [-0.2, 0) is 22.3 Å². The summed E-state index contributed by atoms with van der Waals surface area (Å²) in [7, 11) is 0. The van der Waals surface area contributed by atoms with E-state index in [2.05, 4.69) is 5.32 Å². The summed E-state index contributed by atoms with van der Waals surface area (Å²) >= 11 is 0. The first-order chi connectivity index (χ1) is 14.3. The number of nitrogens with two attached hydrogens (primary N) is 1. The van der Waals surface area contributed by atoms with Crippen LogP contribution in [0.4, 0.5) is 10.5 Å². The van der Waals surface area contributed by atoms with Gasteiger partial charge in [-0.25, -0.2) is 4.79 Å². The predicted molar refractivity (Wildman–Crippen MR) is 120 cm³/mol. The van der Waals surface area contributed by atoms with Crippen LogP contribution in [0.1, 0.15) is 38.8 Å². The lowest BCUT2D eigenvalue weighted by atomic mass is 10.1. The summed E-state index contributed by atoms with van der Waals surface area (Å²) in [6.07, 6.45) is 1.16. The predicted octanol–water partition coefficient (Wildman–Crippen LogP) is 4.56. The second-order valence-electron chi connectivity index (χ2n) is 8.08. The molecule has 0 radical (unpaired) electrons. The number of hydrogen-bond acceptors (Lipinski definition) is 5. The summed E-state index contributed by atoms with van der Waals surface area (Å²) in [6, 6.07) is 15.7. The van der Waals surface area contributed by atoms with Gasteiger partial charge in [0, 0.05) is 25.3 Å². The van der Waals surface area contributed by atoms with Crippen LogP contribution in [0.5, 0.6) is 5.75 Å². The summed E-state index contributed by atoms with van der Waals surface area (Å²) in [5.41, 5.74) is 8.23. The second kappa shape index (κ2) is 11.6. The third-order valence-corrected chi connectivity index (χ3v) is 4.31. The maximum Gasteiger partial charge on any atom is 0.412 e. The highest BCUT2D eigenvalue weighted by molar-refractivity contribution is 5.84. The molecule has 2 rings (SSSR count). The van der Waals surface area contributed by atoms with Crippen molar-refractivity contribution in [2.24, 2.45) is 5.73 Å². The molecule has 0 heterocycles. The SMILES string of the molecule is CCO[C@H](CN)Cc1ccc(OCCc2ccc(NC(=O)OC(C)(C)C)cc2)cc1. The molecule has 0 aliphatic carbocycles. The van der Waals surface area contributed by atoms with Crippen LogP contribution in [0.15, 0.2) is 48.5 Å². The molecule has 0 fully saturated rings. The molecule has 0 saturated heterocycles. The van der Waals surface area contributed by atoms with Crippen molar-refractivity contribution in [2.75, 3.05) is 25.1 Å².